The van der Waals surface area contributed by atoms with E-state index in [9.17, 15) is 4.57 Å². The van der Waals surface area contributed by atoms with Gasteiger partial charge in [0.2, 0.25) is 0 Å². The predicted molar refractivity (Wildman–Crippen MR) is 46.4 cm³/mol. The second kappa shape index (κ2) is 5.86. The lowest BCUT2D eigenvalue weighted by molar-refractivity contribution is 0.180. The number of phosphoric ester groups is 1. The van der Waals surface area contributed by atoms with E-state index < -0.39 is 7.82 Å². The Balaban J connectivity index is 4.07. The second-order valence-corrected chi connectivity index (χ2v) is 3.40. The van der Waals surface area contributed by atoms with Crippen LogP contribution in [0.2, 0.25) is 0 Å². The first-order chi connectivity index (χ1) is 5.68. The van der Waals surface area contributed by atoms with Gasteiger partial charge in [-0.25, -0.2) is 4.57 Å². The molecular formula is C7H13O4P. The van der Waals surface area contributed by atoms with Crippen LogP contribution in [-0.2, 0) is 18.1 Å². The lowest BCUT2D eigenvalue weighted by Gasteiger charge is -2.13. The largest absolute Gasteiger partial charge is 0.586 e. The Morgan fingerprint density at radius 3 is 2.17 bits per heavy atom. The fraction of sp³-hybridized carbons (Fsp3) is 0.429. The lowest BCUT2D eigenvalue weighted by Crippen LogP contribution is -1.94. The van der Waals surface area contributed by atoms with Gasteiger partial charge in [0.05, 0.1) is 19.1 Å². The van der Waals surface area contributed by atoms with E-state index in [1.54, 1.807) is 0 Å². The molecule has 0 spiro atoms. The van der Waals surface area contributed by atoms with Gasteiger partial charge in [-0.15, -0.1) is 0 Å². The smallest absolute Gasteiger partial charge is 0.404 e. The summed E-state index contributed by atoms with van der Waals surface area (Å²) in [4.78, 5) is 0. The summed E-state index contributed by atoms with van der Waals surface area (Å²) < 4.78 is 25.3. The summed E-state index contributed by atoms with van der Waals surface area (Å²) in [6, 6.07) is 0. The summed E-state index contributed by atoms with van der Waals surface area (Å²) >= 11 is 0. The number of hydrogen-bond acceptors (Lipinski definition) is 4. The maximum absolute atomic E-state index is 11.4. The monoisotopic (exact) mass is 192 g/mol. The molecule has 0 atom stereocenters. The van der Waals surface area contributed by atoms with Crippen molar-refractivity contribution in [1.82, 2.24) is 0 Å². The number of phosphoric acid groups is 1. The van der Waals surface area contributed by atoms with Gasteiger partial charge in [0, 0.05) is 0 Å². The van der Waals surface area contributed by atoms with Crippen molar-refractivity contribution in [1.29, 1.82) is 0 Å². The zero-order valence-corrected chi connectivity index (χ0v) is 7.96. The van der Waals surface area contributed by atoms with Gasteiger partial charge in [0.15, 0.2) is 0 Å². The summed E-state index contributed by atoms with van der Waals surface area (Å²) in [6.45, 7) is 8.68. The van der Waals surface area contributed by atoms with Crippen LogP contribution < -0.4 is 0 Å². The van der Waals surface area contributed by atoms with Crippen molar-refractivity contribution < 1.29 is 18.1 Å². The Bertz CT molecular complexity index is 176. The van der Waals surface area contributed by atoms with E-state index in [-0.39, 0.29) is 0 Å². The Morgan fingerprint density at radius 1 is 1.33 bits per heavy atom. The minimum absolute atomic E-state index is 0.305. The molecule has 0 aromatic heterocycles. The number of hydrogen-bond donors (Lipinski definition) is 0. The first-order valence-corrected chi connectivity index (χ1v) is 4.97. The van der Waals surface area contributed by atoms with E-state index in [1.165, 1.54) is 0 Å². The topological polar surface area (TPSA) is 44.8 Å². The third-order valence-corrected chi connectivity index (χ3v) is 2.17. The molecule has 12 heavy (non-hydrogen) atoms. The Kier molecular flexibility index (Phi) is 5.51. The van der Waals surface area contributed by atoms with Gasteiger partial charge in [-0.05, 0) is 6.42 Å². The lowest BCUT2D eigenvalue weighted by atomic mass is 10.5. The van der Waals surface area contributed by atoms with Gasteiger partial charge in [-0.2, -0.15) is 0 Å². The summed E-state index contributed by atoms with van der Waals surface area (Å²) in [6.07, 6.45) is 2.75. The molecule has 0 N–H and O–H groups in total. The van der Waals surface area contributed by atoms with Crippen LogP contribution in [0.4, 0.5) is 0 Å². The number of rotatable bonds is 7. The van der Waals surface area contributed by atoms with E-state index in [2.05, 4.69) is 22.2 Å². The SMILES string of the molecule is C=COP(=O)(OC=C)OCCC. The molecule has 0 saturated carbocycles. The van der Waals surface area contributed by atoms with Crippen LogP contribution in [0.25, 0.3) is 0 Å². The molecule has 0 saturated heterocycles. The molecule has 0 bridgehead atoms. The molecular weight excluding hydrogens is 179 g/mol. The minimum Gasteiger partial charge on any atom is -0.404 e. The van der Waals surface area contributed by atoms with Gasteiger partial charge >= 0.3 is 7.82 Å². The summed E-state index contributed by atoms with van der Waals surface area (Å²) in [5, 5.41) is 0. The molecule has 5 heteroatoms. The van der Waals surface area contributed by atoms with Crippen LogP contribution in [0, 0.1) is 0 Å². The minimum atomic E-state index is -3.47. The van der Waals surface area contributed by atoms with E-state index >= 15 is 0 Å². The zero-order valence-electron chi connectivity index (χ0n) is 7.06. The van der Waals surface area contributed by atoms with Crippen LogP contribution >= 0.6 is 7.82 Å². The van der Waals surface area contributed by atoms with Gasteiger partial charge in [-0.1, -0.05) is 20.1 Å². The Hall–Kier alpha value is -0.730. The molecule has 0 aromatic carbocycles. The van der Waals surface area contributed by atoms with Gasteiger partial charge in [-0.3, -0.25) is 4.52 Å². The third kappa shape index (κ3) is 4.21. The van der Waals surface area contributed by atoms with Gasteiger partial charge in [0.25, 0.3) is 0 Å². The quantitative estimate of drug-likeness (QED) is 0.459. The molecule has 0 heterocycles. The van der Waals surface area contributed by atoms with Crippen LogP contribution in [0.1, 0.15) is 13.3 Å². The average Bonchev–Trinajstić information content (AvgIpc) is 2.02. The maximum atomic E-state index is 11.4. The highest BCUT2D eigenvalue weighted by Crippen LogP contribution is 2.49. The molecule has 0 fully saturated rings. The highest BCUT2D eigenvalue weighted by Gasteiger charge is 2.25. The van der Waals surface area contributed by atoms with Crippen LogP contribution in [0.15, 0.2) is 25.7 Å². The molecule has 0 aromatic rings. The Labute approximate surface area is 72.4 Å². The fourth-order valence-corrected chi connectivity index (χ4v) is 1.41. The first-order valence-electron chi connectivity index (χ1n) is 3.51. The van der Waals surface area contributed by atoms with Gasteiger partial charge < -0.3 is 9.05 Å². The molecule has 0 radical (unpaired) electrons. The molecule has 0 amide bonds. The highest BCUT2D eigenvalue weighted by atomic mass is 31.2. The van der Waals surface area contributed by atoms with Crippen molar-refractivity contribution in [3.05, 3.63) is 25.7 Å². The average molecular weight is 192 g/mol. The molecule has 70 valence electrons. The molecule has 4 nitrogen and oxygen atoms in total. The van der Waals surface area contributed by atoms with Crippen molar-refractivity contribution in [3.8, 4) is 0 Å². The molecule has 0 rings (SSSR count). The Morgan fingerprint density at radius 2 is 1.83 bits per heavy atom. The highest BCUT2D eigenvalue weighted by molar-refractivity contribution is 7.48. The van der Waals surface area contributed by atoms with E-state index in [0.29, 0.717) is 6.61 Å². The molecule has 0 aliphatic rings. The molecule has 0 unspecified atom stereocenters. The van der Waals surface area contributed by atoms with E-state index in [4.69, 9.17) is 4.52 Å². The normalized spacial score (nSPS) is 10.4. The van der Waals surface area contributed by atoms with E-state index in [1.807, 2.05) is 6.92 Å². The maximum Gasteiger partial charge on any atom is 0.586 e. The van der Waals surface area contributed by atoms with Crippen molar-refractivity contribution in [2.45, 2.75) is 13.3 Å². The standard InChI is InChI=1S/C7H13O4P/c1-4-7-11-12(8,9-5-2)10-6-3/h5-6H,2-4,7H2,1H3. The van der Waals surface area contributed by atoms with Gasteiger partial charge in [0.1, 0.15) is 0 Å². The van der Waals surface area contributed by atoms with E-state index in [0.717, 1.165) is 18.9 Å². The predicted octanol–water partition coefficient (Wildman–Crippen LogP) is 2.84. The zero-order chi connectivity index (χ0) is 9.45. The molecule has 0 aliphatic carbocycles. The van der Waals surface area contributed by atoms with Crippen LogP contribution in [-0.4, -0.2) is 6.61 Å². The van der Waals surface area contributed by atoms with Crippen LogP contribution in [0.3, 0.4) is 0 Å². The second-order valence-electron chi connectivity index (χ2n) is 1.82. The fourth-order valence-electron chi connectivity index (χ4n) is 0.471. The molecule has 0 aliphatic heterocycles. The van der Waals surface area contributed by atoms with Crippen molar-refractivity contribution >= 4 is 7.82 Å². The van der Waals surface area contributed by atoms with Crippen LogP contribution in [0.5, 0.6) is 0 Å². The van der Waals surface area contributed by atoms with Crippen molar-refractivity contribution in [2.24, 2.45) is 0 Å². The van der Waals surface area contributed by atoms with Crippen molar-refractivity contribution in [3.63, 3.8) is 0 Å². The summed E-state index contributed by atoms with van der Waals surface area (Å²) in [5.41, 5.74) is 0. The summed E-state index contributed by atoms with van der Waals surface area (Å²) in [7, 11) is -3.47. The first kappa shape index (κ1) is 11.3. The summed E-state index contributed by atoms with van der Waals surface area (Å²) in [5.74, 6) is 0. The third-order valence-electron chi connectivity index (χ3n) is 0.861. The van der Waals surface area contributed by atoms with Crippen molar-refractivity contribution in [2.75, 3.05) is 6.61 Å².